The van der Waals surface area contributed by atoms with Crippen LogP contribution in [0.2, 0.25) is 0 Å². The van der Waals surface area contributed by atoms with Crippen LogP contribution in [-0.4, -0.2) is 9.13 Å². The van der Waals surface area contributed by atoms with Crippen LogP contribution in [0.15, 0.2) is 212 Å². The van der Waals surface area contributed by atoms with Crippen molar-refractivity contribution in [2.45, 2.75) is 12.3 Å². The second-order valence-electron chi connectivity index (χ2n) is 15.8. The molecule has 1 aliphatic heterocycles. The zero-order valence-corrected chi connectivity index (χ0v) is 32.5. The molecule has 0 saturated carbocycles. The highest BCUT2D eigenvalue weighted by molar-refractivity contribution is 6.14. The molecule has 9 aromatic carbocycles. The zero-order chi connectivity index (χ0) is 39.1. The molecule has 0 aliphatic carbocycles. The molecule has 0 amide bonds. The van der Waals surface area contributed by atoms with Gasteiger partial charge in [0.1, 0.15) is 5.75 Å². The average Bonchev–Trinajstić information content (AvgIpc) is 3.83. The Balaban J connectivity index is 1.16. The van der Waals surface area contributed by atoms with Gasteiger partial charge in [-0.2, -0.15) is 0 Å². The van der Waals surface area contributed by atoms with E-state index >= 15 is 0 Å². The molecular formula is C56H38N2O. The summed E-state index contributed by atoms with van der Waals surface area (Å²) >= 11 is 0. The molecule has 0 N–H and O–H groups in total. The van der Waals surface area contributed by atoms with Crippen molar-refractivity contribution in [3.8, 4) is 45.1 Å². The van der Waals surface area contributed by atoms with Crippen molar-refractivity contribution < 1.29 is 4.74 Å². The number of benzene rings is 9. The summed E-state index contributed by atoms with van der Waals surface area (Å²) in [6.45, 7) is 2.40. The first kappa shape index (κ1) is 33.5. The average molecular weight is 755 g/mol. The Kier molecular flexibility index (Phi) is 7.36. The number of rotatable bonds is 5. The summed E-state index contributed by atoms with van der Waals surface area (Å²) in [7, 11) is 0. The van der Waals surface area contributed by atoms with E-state index in [0.29, 0.717) is 0 Å². The molecule has 3 heterocycles. The van der Waals surface area contributed by atoms with Gasteiger partial charge in [0.2, 0.25) is 0 Å². The van der Waals surface area contributed by atoms with Crippen molar-refractivity contribution in [3.63, 3.8) is 0 Å². The second kappa shape index (κ2) is 13.0. The highest BCUT2D eigenvalue weighted by atomic mass is 16.5. The molecule has 12 rings (SSSR count). The standard InChI is InChI=1S/C56H38N2O/c1-56(41-21-9-4-10-22-41)48-34-32-47-45-25-12-13-26-49(45)57(42-30-28-39(29-31-42)37-16-5-2-6-17-37)54(47)55(48)59-51-35-33-46-44-24-11-14-27-50(44)58(53(46)52(51)56)43-23-15-20-40(36-43)38-18-7-3-8-19-38/h2-36H,1H3. The van der Waals surface area contributed by atoms with E-state index in [9.17, 15) is 0 Å². The molecule has 0 saturated heterocycles. The Morgan fingerprint density at radius 1 is 0.390 bits per heavy atom. The summed E-state index contributed by atoms with van der Waals surface area (Å²) in [6, 6.07) is 76.8. The lowest BCUT2D eigenvalue weighted by Gasteiger charge is -2.39. The topological polar surface area (TPSA) is 19.1 Å². The van der Waals surface area contributed by atoms with Gasteiger partial charge in [-0.05, 0) is 83.3 Å². The summed E-state index contributed by atoms with van der Waals surface area (Å²) in [5.41, 5.74) is 14.4. The first-order chi connectivity index (χ1) is 29.2. The molecule has 0 bridgehead atoms. The molecule has 11 aromatic rings. The summed E-state index contributed by atoms with van der Waals surface area (Å²) in [4.78, 5) is 0. The Labute approximate surface area is 342 Å². The predicted molar refractivity (Wildman–Crippen MR) is 245 cm³/mol. The van der Waals surface area contributed by atoms with Gasteiger partial charge in [0, 0.05) is 44.0 Å². The Bertz CT molecular complexity index is 3400. The van der Waals surface area contributed by atoms with Crippen molar-refractivity contribution in [1.82, 2.24) is 9.13 Å². The van der Waals surface area contributed by atoms with E-state index in [0.717, 1.165) is 56.1 Å². The third kappa shape index (κ3) is 4.95. The molecule has 0 radical (unpaired) electrons. The van der Waals surface area contributed by atoms with Crippen molar-refractivity contribution >= 4 is 43.6 Å². The molecule has 1 unspecified atom stereocenters. The molecule has 278 valence electrons. The predicted octanol–water partition coefficient (Wildman–Crippen LogP) is 14.7. The number of nitrogens with zero attached hydrogens (tertiary/aromatic N) is 2. The fourth-order valence-electron chi connectivity index (χ4n) is 9.87. The SMILES string of the molecule is CC1(c2ccccc2)c2ccc3c4ccccc4n(-c4ccc(-c5ccccc5)cc4)c3c2Oc2ccc3c4ccccc4n(-c4cccc(-c5ccccc5)c4)c3c21. The van der Waals surface area contributed by atoms with Crippen LogP contribution in [0, 0.1) is 0 Å². The van der Waals surface area contributed by atoms with Crippen molar-refractivity contribution in [2.24, 2.45) is 0 Å². The highest BCUT2D eigenvalue weighted by Gasteiger charge is 2.44. The lowest BCUT2D eigenvalue weighted by atomic mass is 9.68. The van der Waals surface area contributed by atoms with Crippen LogP contribution in [0.1, 0.15) is 23.6 Å². The van der Waals surface area contributed by atoms with Gasteiger partial charge in [0.15, 0.2) is 5.75 Å². The third-order valence-electron chi connectivity index (χ3n) is 12.6. The monoisotopic (exact) mass is 754 g/mol. The maximum absolute atomic E-state index is 7.45. The number of ether oxygens (including phenoxy) is 1. The van der Waals surface area contributed by atoms with Crippen LogP contribution in [0.4, 0.5) is 0 Å². The van der Waals surface area contributed by atoms with Gasteiger partial charge in [-0.25, -0.2) is 0 Å². The lowest BCUT2D eigenvalue weighted by molar-refractivity contribution is 0.433. The molecule has 1 atom stereocenters. The molecule has 1 aliphatic rings. The highest BCUT2D eigenvalue weighted by Crippen LogP contribution is 2.57. The minimum Gasteiger partial charge on any atom is -0.454 e. The maximum Gasteiger partial charge on any atom is 0.156 e. The molecule has 59 heavy (non-hydrogen) atoms. The summed E-state index contributed by atoms with van der Waals surface area (Å²) in [6.07, 6.45) is 0. The molecular weight excluding hydrogens is 717 g/mol. The fourth-order valence-corrected chi connectivity index (χ4v) is 9.87. The van der Waals surface area contributed by atoms with Gasteiger partial charge in [0.05, 0.1) is 27.5 Å². The minimum absolute atomic E-state index is 0.598. The van der Waals surface area contributed by atoms with Gasteiger partial charge >= 0.3 is 0 Å². The van der Waals surface area contributed by atoms with Crippen molar-refractivity contribution in [1.29, 1.82) is 0 Å². The Hall–Kier alpha value is -7.62. The van der Waals surface area contributed by atoms with Crippen LogP contribution < -0.4 is 4.74 Å². The van der Waals surface area contributed by atoms with Crippen LogP contribution in [0.25, 0.3) is 77.2 Å². The molecule has 0 spiro atoms. The maximum atomic E-state index is 7.45. The number of para-hydroxylation sites is 2. The van der Waals surface area contributed by atoms with Crippen molar-refractivity contribution in [3.05, 3.63) is 229 Å². The summed E-state index contributed by atoms with van der Waals surface area (Å²) in [5, 5.41) is 4.78. The van der Waals surface area contributed by atoms with Gasteiger partial charge < -0.3 is 13.9 Å². The fraction of sp³-hybridized carbons (Fsp3) is 0.0357. The summed E-state index contributed by atoms with van der Waals surface area (Å²) < 4.78 is 12.3. The van der Waals surface area contributed by atoms with Crippen molar-refractivity contribution in [2.75, 3.05) is 0 Å². The molecule has 3 nitrogen and oxygen atoms in total. The van der Waals surface area contributed by atoms with Gasteiger partial charge in [-0.1, -0.05) is 164 Å². The quantitative estimate of drug-likeness (QED) is 0.171. The molecule has 0 fully saturated rings. The van der Waals surface area contributed by atoms with Gasteiger partial charge in [-0.15, -0.1) is 0 Å². The largest absolute Gasteiger partial charge is 0.454 e. The lowest BCUT2D eigenvalue weighted by Crippen LogP contribution is -2.30. The Morgan fingerprint density at radius 2 is 0.915 bits per heavy atom. The van der Waals surface area contributed by atoms with Gasteiger partial charge in [0.25, 0.3) is 0 Å². The number of fused-ring (bicyclic) bond motifs is 10. The van der Waals surface area contributed by atoms with E-state index in [-0.39, 0.29) is 0 Å². The van der Waals surface area contributed by atoms with E-state index < -0.39 is 5.41 Å². The van der Waals surface area contributed by atoms with E-state index in [1.54, 1.807) is 0 Å². The summed E-state index contributed by atoms with van der Waals surface area (Å²) in [5.74, 6) is 1.75. The van der Waals surface area contributed by atoms with E-state index in [1.165, 1.54) is 49.4 Å². The third-order valence-corrected chi connectivity index (χ3v) is 12.6. The van der Waals surface area contributed by atoms with Crippen LogP contribution in [0.3, 0.4) is 0 Å². The van der Waals surface area contributed by atoms with E-state index in [2.05, 4.69) is 228 Å². The van der Waals surface area contributed by atoms with Gasteiger partial charge in [-0.3, -0.25) is 0 Å². The minimum atomic E-state index is -0.598. The molecule has 2 aromatic heterocycles. The number of aromatic nitrogens is 2. The van der Waals surface area contributed by atoms with Crippen LogP contribution >= 0.6 is 0 Å². The molecule has 3 heteroatoms. The number of hydrogen-bond donors (Lipinski definition) is 0. The number of hydrogen-bond acceptors (Lipinski definition) is 1. The second-order valence-corrected chi connectivity index (χ2v) is 15.8. The normalized spacial score (nSPS) is 14.7. The van der Waals surface area contributed by atoms with Crippen LogP contribution in [-0.2, 0) is 5.41 Å². The first-order valence-corrected chi connectivity index (χ1v) is 20.4. The zero-order valence-electron chi connectivity index (χ0n) is 32.5. The van der Waals surface area contributed by atoms with Crippen LogP contribution in [0.5, 0.6) is 11.5 Å². The Morgan fingerprint density at radius 3 is 1.59 bits per heavy atom. The first-order valence-electron chi connectivity index (χ1n) is 20.4. The van der Waals surface area contributed by atoms with E-state index in [1.807, 2.05) is 0 Å². The van der Waals surface area contributed by atoms with E-state index in [4.69, 9.17) is 4.74 Å². The smallest absolute Gasteiger partial charge is 0.156 e.